The summed E-state index contributed by atoms with van der Waals surface area (Å²) in [6, 6.07) is 0.549. The first-order valence-corrected chi connectivity index (χ1v) is 3.12. The van der Waals surface area contributed by atoms with Crippen LogP contribution < -0.4 is 5.32 Å². The fraction of sp³-hybridized carbons (Fsp3) is 0.833. The lowest BCUT2D eigenvalue weighted by molar-refractivity contribution is -0.121. The Morgan fingerprint density at radius 3 is 2.75 bits per heavy atom. The molecule has 0 aromatic carbocycles. The summed E-state index contributed by atoms with van der Waals surface area (Å²) in [7, 11) is 0. The maximum atomic E-state index is 10.8. The van der Waals surface area contributed by atoms with Gasteiger partial charge in [0, 0.05) is 24.9 Å². The van der Waals surface area contributed by atoms with Gasteiger partial charge in [-0.05, 0) is 6.42 Å². The number of carbonyl (C=O) groups excluding carboxylic acids is 1. The Morgan fingerprint density at radius 2 is 2.50 bits per heavy atom. The molecule has 1 heterocycles. The zero-order chi connectivity index (χ0) is 5.56. The molecule has 44 valence electrons. The van der Waals surface area contributed by atoms with Crippen molar-refractivity contribution in [2.24, 2.45) is 5.92 Å². The van der Waals surface area contributed by atoms with Crippen molar-refractivity contribution >= 4 is 5.78 Å². The quantitative estimate of drug-likeness (QED) is 0.474. The van der Waals surface area contributed by atoms with Crippen LogP contribution in [0.15, 0.2) is 0 Å². The fourth-order valence-electron chi connectivity index (χ4n) is 1.63. The van der Waals surface area contributed by atoms with Crippen LogP contribution in [-0.2, 0) is 4.79 Å². The second-order valence-electron chi connectivity index (χ2n) is 2.71. The van der Waals surface area contributed by atoms with Gasteiger partial charge < -0.3 is 5.32 Å². The zero-order valence-electron chi connectivity index (χ0n) is 4.68. The van der Waals surface area contributed by atoms with Crippen molar-refractivity contribution in [1.29, 1.82) is 0 Å². The summed E-state index contributed by atoms with van der Waals surface area (Å²) in [5.41, 5.74) is 0. The first kappa shape index (κ1) is 4.50. The topological polar surface area (TPSA) is 29.1 Å². The highest BCUT2D eigenvalue weighted by Gasteiger charge is 2.37. The Morgan fingerprint density at radius 1 is 1.62 bits per heavy atom. The SMILES string of the molecule is O=C1C[C@H]2C[C@@H]1CN2. The molecule has 1 aliphatic heterocycles. The van der Waals surface area contributed by atoms with E-state index in [-0.39, 0.29) is 0 Å². The van der Waals surface area contributed by atoms with Crippen LogP contribution in [0.1, 0.15) is 12.8 Å². The van der Waals surface area contributed by atoms with Crippen LogP contribution in [-0.4, -0.2) is 18.4 Å². The fourth-order valence-corrected chi connectivity index (χ4v) is 1.63. The number of ketones is 1. The molecule has 1 saturated heterocycles. The maximum absolute atomic E-state index is 10.8. The minimum atomic E-state index is 0.389. The Balaban J connectivity index is 2.22. The van der Waals surface area contributed by atoms with E-state index in [1.807, 2.05) is 0 Å². The van der Waals surface area contributed by atoms with E-state index in [0.29, 0.717) is 17.7 Å². The summed E-state index contributed by atoms with van der Waals surface area (Å²) in [6.07, 6.45) is 1.91. The van der Waals surface area contributed by atoms with Crippen molar-refractivity contribution in [3.05, 3.63) is 0 Å². The lowest BCUT2D eigenvalue weighted by Gasteiger charge is -2.07. The predicted octanol–water partition coefficient (Wildman–Crippen LogP) is -0.0627. The van der Waals surface area contributed by atoms with E-state index in [0.717, 1.165) is 19.4 Å². The van der Waals surface area contributed by atoms with Crippen LogP contribution in [0.4, 0.5) is 0 Å². The number of piperidine rings is 1. The minimum absolute atomic E-state index is 0.389. The van der Waals surface area contributed by atoms with E-state index in [1.54, 1.807) is 0 Å². The van der Waals surface area contributed by atoms with Crippen LogP contribution in [0.3, 0.4) is 0 Å². The monoisotopic (exact) mass is 111 g/mol. The third kappa shape index (κ3) is 0.436. The molecule has 0 spiro atoms. The summed E-state index contributed by atoms with van der Waals surface area (Å²) >= 11 is 0. The average Bonchev–Trinajstić information content (AvgIpc) is 2.23. The van der Waals surface area contributed by atoms with Gasteiger partial charge in [-0.15, -0.1) is 0 Å². The molecule has 2 nitrogen and oxygen atoms in total. The number of nitrogens with one attached hydrogen (secondary N) is 1. The molecular formula is C6H9NO. The van der Waals surface area contributed by atoms with Gasteiger partial charge in [-0.2, -0.15) is 0 Å². The van der Waals surface area contributed by atoms with E-state index < -0.39 is 0 Å². The molecule has 2 fully saturated rings. The van der Waals surface area contributed by atoms with Crippen LogP contribution in [0.2, 0.25) is 0 Å². The molecule has 1 saturated carbocycles. The molecule has 0 radical (unpaired) electrons. The molecule has 2 aliphatic rings. The highest BCUT2D eigenvalue weighted by molar-refractivity contribution is 5.85. The van der Waals surface area contributed by atoms with Crippen LogP contribution in [0.5, 0.6) is 0 Å². The normalized spacial score (nSPS) is 43.8. The number of carbonyl (C=O) groups is 1. The molecule has 1 N–H and O–H groups in total. The zero-order valence-corrected chi connectivity index (χ0v) is 4.68. The Kier molecular flexibility index (Phi) is 0.742. The molecular weight excluding hydrogens is 102 g/mol. The summed E-state index contributed by atoms with van der Waals surface area (Å²) < 4.78 is 0. The number of rotatable bonds is 0. The number of hydrogen-bond acceptors (Lipinski definition) is 2. The van der Waals surface area contributed by atoms with Crippen molar-refractivity contribution in [3.8, 4) is 0 Å². The van der Waals surface area contributed by atoms with Crippen molar-refractivity contribution in [3.63, 3.8) is 0 Å². The summed E-state index contributed by atoms with van der Waals surface area (Å²) in [5, 5.41) is 3.27. The highest BCUT2D eigenvalue weighted by atomic mass is 16.1. The van der Waals surface area contributed by atoms with E-state index in [9.17, 15) is 4.79 Å². The maximum Gasteiger partial charge on any atom is 0.138 e. The third-order valence-electron chi connectivity index (χ3n) is 2.12. The highest BCUT2D eigenvalue weighted by Crippen LogP contribution is 2.26. The summed E-state index contributed by atoms with van der Waals surface area (Å²) in [5.74, 6) is 0.869. The lowest BCUT2D eigenvalue weighted by atomic mass is 10.1. The van der Waals surface area contributed by atoms with Crippen molar-refractivity contribution < 1.29 is 4.79 Å². The second-order valence-corrected chi connectivity index (χ2v) is 2.71. The van der Waals surface area contributed by atoms with Crippen molar-refractivity contribution in [1.82, 2.24) is 5.32 Å². The molecule has 0 amide bonds. The molecule has 2 rings (SSSR count). The van der Waals surface area contributed by atoms with Crippen LogP contribution >= 0.6 is 0 Å². The van der Waals surface area contributed by atoms with Gasteiger partial charge in [0.15, 0.2) is 0 Å². The van der Waals surface area contributed by atoms with Gasteiger partial charge in [0.2, 0.25) is 0 Å². The molecule has 1 aliphatic carbocycles. The molecule has 2 atom stereocenters. The lowest BCUT2D eigenvalue weighted by Crippen LogP contribution is -2.29. The van der Waals surface area contributed by atoms with E-state index >= 15 is 0 Å². The number of Topliss-reactive ketones (excluding diaryl/α,β-unsaturated/α-hetero) is 1. The number of fused-ring (bicyclic) bond motifs is 2. The van der Waals surface area contributed by atoms with Gasteiger partial charge in [-0.3, -0.25) is 4.79 Å². The van der Waals surface area contributed by atoms with E-state index in [2.05, 4.69) is 5.32 Å². The van der Waals surface area contributed by atoms with Crippen LogP contribution in [0, 0.1) is 5.92 Å². The second kappa shape index (κ2) is 1.32. The van der Waals surface area contributed by atoms with Crippen molar-refractivity contribution in [2.45, 2.75) is 18.9 Å². The van der Waals surface area contributed by atoms with E-state index in [1.165, 1.54) is 0 Å². The third-order valence-corrected chi connectivity index (χ3v) is 2.12. The van der Waals surface area contributed by atoms with Crippen molar-refractivity contribution in [2.75, 3.05) is 6.54 Å². The average molecular weight is 111 g/mol. The molecule has 2 heteroatoms. The molecule has 0 aromatic heterocycles. The van der Waals surface area contributed by atoms with Gasteiger partial charge in [0.05, 0.1) is 0 Å². The smallest absolute Gasteiger partial charge is 0.138 e. The molecule has 0 aromatic rings. The Labute approximate surface area is 48.3 Å². The van der Waals surface area contributed by atoms with Gasteiger partial charge in [0.25, 0.3) is 0 Å². The standard InChI is InChI=1S/C6H9NO/c8-6-2-5-1-4(6)3-7-5/h4-5,7H,1-3H2/t4-,5-/m1/s1. The minimum Gasteiger partial charge on any atom is -0.313 e. The van der Waals surface area contributed by atoms with Crippen LogP contribution in [0.25, 0.3) is 0 Å². The first-order valence-electron chi connectivity index (χ1n) is 3.12. The molecule has 2 bridgehead atoms. The predicted molar refractivity (Wildman–Crippen MR) is 29.5 cm³/mol. The Bertz CT molecular complexity index is 132. The first-order chi connectivity index (χ1) is 3.86. The number of hydrogen-bond donors (Lipinski definition) is 1. The van der Waals surface area contributed by atoms with Gasteiger partial charge in [0.1, 0.15) is 5.78 Å². The molecule has 0 unspecified atom stereocenters. The largest absolute Gasteiger partial charge is 0.313 e. The Hall–Kier alpha value is -0.370. The summed E-state index contributed by atoms with van der Waals surface area (Å²) in [6.45, 7) is 0.948. The summed E-state index contributed by atoms with van der Waals surface area (Å²) in [4.78, 5) is 10.8. The van der Waals surface area contributed by atoms with Gasteiger partial charge in [-0.1, -0.05) is 0 Å². The van der Waals surface area contributed by atoms with Gasteiger partial charge >= 0.3 is 0 Å². The van der Waals surface area contributed by atoms with E-state index in [4.69, 9.17) is 0 Å². The van der Waals surface area contributed by atoms with Gasteiger partial charge in [-0.25, -0.2) is 0 Å². The molecule has 8 heavy (non-hydrogen) atoms.